The van der Waals surface area contributed by atoms with Crippen LogP contribution in [0.5, 0.6) is 0 Å². The van der Waals surface area contributed by atoms with Gasteiger partial charge in [0.25, 0.3) is 0 Å². The van der Waals surface area contributed by atoms with Crippen LogP contribution in [0.25, 0.3) is 11.1 Å². The van der Waals surface area contributed by atoms with Crippen LogP contribution >= 0.6 is 0 Å². The Morgan fingerprint density at radius 1 is 0.684 bits per heavy atom. The molecule has 0 aliphatic carbocycles. The molecular weight excluding hydrogens is 232 g/mol. The van der Waals surface area contributed by atoms with Gasteiger partial charge in [0.05, 0.1) is 0 Å². The number of hydrogen-bond acceptors (Lipinski definition) is 1. The third-order valence-corrected chi connectivity index (χ3v) is 2.89. The summed E-state index contributed by atoms with van der Waals surface area (Å²) in [7, 11) is 0. The van der Waals surface area contributed by atoms with E-state index in [9.17, 15) is 0 Å². The van der Waals surface area contributed by atoms with Gasteiger partial charge in [0, 0.05) is 6.61 Å². The molecule has 0 aromatic heterocycles. The fraction of sp³-hybridized carbons (Fsp3) is 0.333. The molecule has 0 aliphatic heterocycles. The molecule has 102 valence electrons. The molecule has 1 heteroatoms. The topological polar surface area (TPSA) is 20.2 Å². The zero-order valence-electron chi connectivity index (χ0n) is 11.8. The number of aliphatic hydroxyl groups excluding tert-OH is 1. The van der Waals surface area contributed by atoms with Gasteiger partial charge in [-0.1, -0.05) is 86.8 Å². The summed E-state index contributed by atoms with van der Waals surface area (Å²) in [4.78, 5) is 0. The Morgan fingerprint density at radius 3 is 1.53 bits per heavy atom. The molecule has 0 spiro atoms. The second-order valence-corrected chi connectivity index (χ2v) is 4.52. The van der Waals surface area contributed by atoms with Gasteiger partial charge in [0.15, 0.2) is 0 Å². The average molecular weight is 256 g/mol. The first kappa shape index (κ1) is 15.5. The Bertz CT molecular complexity index is 367. The zero-order chi connectivity index (χ0) is 13.8. The van der Waals surface area contributed by atoms with Crippen molar-refractivity contribution in [3.05, 3.63) is 60.7 Å². The second-order valence-electron chi connectivity index (χ2n) is 4.52. The summed E-state index contributed by atoms with van der Waals surface area (Å²) in [6, 6.07) is 20.8. The lowest BCUT2D eigenvalue weighted by atomic mass is 10.1. The lowest BCUT2D eigenvalue weighted by Crippen LogP contribution is -1.80. The fourth-order valence-electron chi connectivity index (χ4n) is 1.80. The van der Waals surface area contributed by atoms with Crippen molar-refractivity contribution in [2.24, 2.45) is 0 Å². The van der Waals surface area contributed by atoms with Gasteiger partial charge < -0.3 is 5.11 Å². The normalized spacial score (nSPS) is 9.58. The highest BCUT2D eigenvalue weighted by Crippen LogP contribution is 2.17. The van der Waals surface area contributed by atoms with Crippen LogP contribution in [0, 0.1) is 0 Å². The van der Waals surface area contributed by atoms with Crippen molar-refractivity contribution in [1.29, 1.82) is 0 Å². The van der Waals surface area contributed by atoms with E-state index in [0.717, 1.165) is 6.42 Å². The van der Waals surface area contributed by atoms with Gasteiger partial charge in [-0.25, -0.2) is 0 Å². The highest BCUT2D eigenvalue weighted by Gasteiger charge is 1.91. The first-order valence-corrected chi connectivity index (χ1v) is 7.09. The molecule has 0 heterocycles. The molecule has 2 rings (SSSR count). The highest BCUT2D eigenvalue weighted by molar-refractivity contribution is 5.62. The van der Waals surface area contributed by atoms with E-state index in [1.54, 1.807) is 0 Å². The maximum atomic E-state index is 8.29. The summed E-state index contributed by atoms with van der Waals surface area (Å²) < 4.78 is 0. The Hall–Kier alpha value is -1.60. The van der Waals surface area contributed by atoms with Gasteiger partial charge in [-0.15, -0.1) is 0 Å². The average Bonchev–Trinajstić information content (AvgIpc) is 2.50. The van der Waals surface area contributed by atoms with Crippen LogP contribution in [0.1, 0.15) is 32.6 Å². The molecule has 0 saturated heterocycles. The molecule has 2 aromatic rings. The Kier molecular flexibility index (Phi) is 8.41. The number of hydrogen-bond donors (Lipinski definition) is 1. The van der Waals surface area contributed by atoms with E-state index < -0.39 is 0 Å². The smallest absolute Gasteiger partial charge is 0.0431 e. The molecular formula is C18H24O. The van der Waals surface area contributed by atoms with Crippen molar-refractivity contribution in [3.63, 3.8) is 0 Å². The van der Waals surface area contributed by atoms with Crippen LogP contribution in [0.4, 0.5) is 0 Å². The molecule has 0 radical (unpaired) electrons. The monoisotopic (exact) mass is 256 g/mol. The number of rotatable bonds is 5. The van der Waals surface area contributed by atoms with Crippen LogP contribution in [0.3, 0.4) is 0 Å². The van der Waals surface area contributed by atoms with E-state index in [4.69, 9.17) is 5.11 Å². The van der Waals surface area contributed by atoms with E-state index in [1.807, 2.05) is 12.1 Å². The lowest BCUT2D eigenvalue weighted by Gasteiger charge is -1.98. The molecule has 0 bridgehead atoms. The predicted octanol–water partition coefficient (Wildman–Crippen LogP) is 4.91. The Balaban J connectivity index is 0.000000224. The van der Waals surface area contributed by atoms with Gasteiger partial charge in [0.2, 0.25) is 0 Å². The molecule has 1 N–H and O–H groups in total. The molecule has 0 saturated carbocycles. The number of benzene rings is 2. The number of unbranched alkanes of at least 4 members (excludes halogenated alkanes) is 3. The molecule has 0 aliphatic rings. The van der Waals surface area contributed by atoms with E-state index in [0.29, 0.717) is 6.61 Å². The van der Waals surface area contributed by atoms with Gasteiger partial charge in [-0.2, -0.15) is 0 Å². The Labute approximate surface area is 116 Å². The molecule has 19 heavy (non-hydrogen) atoms. The van der Waals surface area contributed by atoms with E-state index in [-0.39, 0.29) is 0 Å². The van der Waals surface area contributed by atoms with Gasteiger partial charge in [-0.3, -0.25) is 0 Å². The SMILES string of the molecule is CCCCCCO.c1ccc(-c2ccccc2)cc1. The zero-order valence-corrected chi connectivity index (χ0v) is 11.8. The van der Waals surface area contributed by atoms with Crippen LogP contribution in [-0.4, -0.2) is 11.7 Å². The van der Waals surface area contributed by atoms with E-state index in [1.165, 1.54) is 30.4 Å². The second kappa shape index (κ2) is 10.3. The quantitative estimate of drug-likeness (QED) is 0.753. The predicted molar refractivity (Wildman–Crippen MR) is 83.1 cm³/mol. The molecule has 0 unspecified atom stereocenters. The molecule has 0 amide bonds. The van der Waals surface area contributed by atoms with E-state index >= 15 is 0 Å². The van der Waals surface area contributed by atoms with Crippen molar-refractivity contribution >= 4 is 0 Å². The summed E-state index contributed by atoms with van der Waals surface area (Å²) in [5.74, 6) is 0. The third kappa shape index (κ3) is 6.78. The summed E-state index contributed by atoms with van der Waals surface area (Å²) in [6.07, 6.45) is 4.68. The summed E-state index contributed by atoms with van der Waals surface area (Å²) >= 11 is 0. The number of aliphatic hydroxyl groups is 1. The molecule has 2 aromatic carbocycles. The first-order chi connectivity index (χ1) is 9.38. The van der Waals surface area contributed by atoms with Crippen molar-refractivity contribution in [3.8, 4) is 11.1 Å². The summed E-state index contributed by atoms with van der Waals surface area (Å²) in [5.41, 5.74) is 2.55. The lowest BCUT2D eigenvalue weighted by molar-refractivity contribution is 0.283. The van der Waals surface area contributed by atoms with Crippen LogP contribution in [0.15, 0.2) is 60.7 Å². The summed E-state index contributed by atoms with van der Waals surface area (Å²) in [6.45, 7) is 2.53. The Morgan fingerprint density at radius 2 is 1.16 bits per heavy atom. The van der Waals surface area contributed by atoms with Crippen molar-refractivity contribution in [1.82, 2.24) is 0 Å². The fourth-order valence-corrected chi connectivity index (χ4v) is 1.80. The largest absolute Gasteiger partial charge is 0.396 e. The van der Waals surface area contributed by atoms with Gasteiger partial charge in [-0.05, 0) is 17.5 Å². The van der Waals surface area contributed by atoms with Crippen molar-refractivity contribution < 1.29 is 5.11 Å². The summed E-state index contributed by atoms with van der Waals surface area (Å²) in [5, 5.41) is 8.29. The third-order valence-electron chi connectivity index (χ3n) is 2.89. The molecule has 0 fully saturated rings. The van der Waals surface area contributed by atoms with Gasteiger partial charge >= 0.3 is 0 Å². The van der Waals surface area contributed by atoms with Gasteiger partial charge in [0.1, 0.15) is 0 Å². The minimum atomic E-state index is 0.361. The maximum Gasteiger partial charge on any atom is 0.0431 e. The standard InChI is InChI=1S/C12H10.C6H14O/c1-3-7-11(8-4-1)12-9-5-2-6-10-12;1-2-3-4-5-6-7/h1-10H;7H,2-6H2,1H3. The van der Waals surface area contributed by atoms with Crippen molar-refractivity contribution in [2.45, 2.75) is 32.6 Å². The van der Waals surface area contributed by atoms with E-state index in [2.05, 4.69) is 55.5 Å². The van der Waals surface area contributed by atoms with Crippen LogP contribution in [-0.2, 0) is 0 Å². The van der Waals surface area contributed by atoms with Crippen molar-refractivity contribution in [2.75, 3.05) is 6.61 Å². The first-order valence-electron chi connectivity index (χ1n) is 7.09. The molecule has 1 nitrogen and oxygen atoms in total. The minimum absolute atomic E-state index is 0.361. The van der Waals surface area contributed by atoms with Crippen LogP contribution in [0.2, 0.25) is 0 Å². The van der Waals surface area contributed by atoms with Crippen LogP contribution < -0.4 is 0 Å². The minimum Gasteiger partial charge on any atom is -0.396 e. The maximum absolute atomic E-state index is 8.29. The molecule has 0 atom stereocenters. The highest BCUT2D eigenvalue weighted by atomic mass is 16.2.